The van der Waals surface area contributed by atoms with Crippen LogP contribution in [0.15, 0.2) is 42.5 Å². The van der Waals surface area contributed by atoms with Gasteiger partial charge in [-0.1, -0.05) is 11.6 Å². The smallest absolute Gasteiger partial charge is 0.252 e. The van der Waals surface area contributed by atoms with E-state index in [1.807, 2.05) is 0 Å². The van der Waals surface area contributed by atoms with Crippen LogP contribution in [0, 0.1) is 5.82 Å². The highest BCUT2D eigenvalue weighted by molar-refractivity contribution is 6.31. The number of rotatable bonds is 3. The van der Waals surface area contributed by atoms with Crippen LogP contribution in [0.5, 0.6) is 11.5 Å². The molecule has 0 fully saturated rings. The number of carbonyl (C=O) groups is 1. The van der Waals surface area contributed by atoms with Crippen LogP contribution in [-0.2, 0) is 0 Å². The van der Waals surface area contributed by atoms with Crippen molar-refractivity contribution in [1.29, 1.82) is 0 Å². The lowest BCUT2D eigenvalue weighted by Crippen LogP contribution is -2.12. The molecular weight excluding hydrogens is 257 g/mol. The summed E-state index contributed by atoms with van der Waals surface area (Å²) in [5.74, 6) is -0.331. The zero-order chi connectivity index (χ0) is 13.1. The number of halogens is 2. The van der Waals surface area contributed by atoms with Gasteiger partial charge in [-0.25, -0.2) is 4.39 Å². The van der Waals surface area contributed by atoms with Crippen LogP contribution in [0.3, 0.4) is 0 Å². The van der Waals surface area contributed by atoms with E-state index in [0.29, 0.717) is 10.8 Å². The highest BCUT2D eigenvalue weighted by Gasteiger charge is 2.11. The number of hydrogen-bond acceptors (Lipinski definition) is 2. The molecule has 0 aromatic heterocycles. The molecule has 0 saturated heterocycles. The average Bonchev–Trinajstić information content (AvgIpc) is 2.34. The second kappa shape index (κ2) is 5.06. The van der Waals surface area contributed by atoms with Gasteiger partial charge in [0.2, 0.25) is 0 Å². The summed E-state index contributed by atoms with van der Waals surface area (Å²) in [5, 5.41) is 0.384. The van der Waals surface area contributed by atoms with Crippen molar-refractivity contribution in [3.8, 4) is 11.5 Å². The van der Waals surface area contributed by atoms with Gasteiger partial charge in [0.15, 0.2) is 0 Å². The molecule has 92 valence electrons. The molecule has 18 heavy (non-hydrogen) atoms. The Morgan fingerprint density at radius 3 is 2.44 bits per heavy atom. The molecule has 0 aliphatic rings. The number of carbonyl (C=O) groups excluding carboxylic acids is 1. The standard InChI is InChI=1S/C13H9ClFNO2/c14-8-1-6-12(11(7-8)13(16)17)18-10-4-2-9(15)3-5-10/h1-7H,(H2,16,17). The van der Waals surface area contributed by atoms with Gasteiger partial charge in [0, 0.05) is 5.02 Å². The van der Waals surface area contributed by atoms with Crippen molar-refractivity contribution >= 4 is 17.5 Å². The Labute approximate surface area is 108 Å². The molecule has 0 saturated carbocycles. The number of hydrogen-bond donors (Lipinski definition) is 1. The van der Waals surface area contributed by atoms with Crippen molar-refractivity contribution in [2.75, 3.05) is 0 Å². The summed E-state index contributed by atoms with van der Waals surface area (Å²) >= 11 is 5.77. The van der Waals surface area contributed by atoms with Crippen LogP contribution < -0.4 is 10.5 Å². The van der Waals surface area contributed by atoms with Crippen molar-refractivity contribution < 1.29 is 13.9 Å². The minimum Gasteiger partial charge on any atom is -0.457 e. The van der Waals surface area contributed by atoms with Crippen LogP contribution in [0.1, 0.15) is 10.4 Å². The highest BCUT2D eigenvalue weighted by atomic mass is 35.5. The van der Waals surface area contributed by atoms with Crippen molar-refractivity contribution in [3.05, 3.63) is 58.9 Å². The normalized spacial score (nSPS) is 10.1. The van der Waals surface area contributed by atoms with E-state index >= 15 is 0 Å². The summed E-state index contributed by atoms with van der Waals surface area (Å²) in [5.41, 5.74) is 5.40. The largest absolute Gasteiger partial charge is 0.457 e. The number of benzene rings is 2. The molecule has 1 amide bonds. The lowest BCUT2D eigenvalue weighted by molar-refractivity contribution is 0.0998. The van der Waals surface area contributed by atoms with Gasteiger partial charge in [0.1, 0.15) is 17.3 Å². The van der Waals surface area contributed by atoms with Gasteiger partial charge in [-0.2, -0.15) is 0 Å². The van der Waals surface area contributed by atoms with Gasteiger partial charge in [-0.05, 0) is 42.5 Å². The van der Waals surface area contributed by atoms with Gasteiger partial charge in [0.05, 0.1) is 5.56 Å². The maximum Gasteiger partial charge on any atom is 0.252 e. The zero-order valence-electron chi connectivity index (χ0n) is 9.19. The summed E-state index contributed by atoms with van der Waals surface area (Å²) in [6.45, 7) is 0. The molecule has 0 bridgehead atoms. The Morgan fingerprint density at radius 1 is 1.17 bits per heavy atom. The van der Waals surface area contributed by atoms with E-state index in [1.165, 1.54) is 36.4 Å². The predicted octanol–water partition coefficient (Wildman–Crippen LogP) is 3.37. The average molecular weight is 266 g/mol. The molecule has 2 N–H and O–H groups in total. The third-order valence-electron chi connectivity index (χ3n) is 2.25. The van der Waals surface area contributed by atoms with Crippen LogP contribution in [-0.4, -0.2) is 5.91 Å². The van der Waals surface area contributed by atoms with E-state index in [0.717, 1.165) is 0 Å². The number of amides is 1. The Bertz CT molecular complexity index is 584. The molecule has 2 aromatic rings. The summed E-state index contributed by atoms with van der Waals surface area (Å²) < 4.78 is 18.2. The first-order valence-electron chi connectivity index (χ1n) is 5.09. The van der Waals surface area contributed by atoms with Crippen LogP contribution in [0.4, 0.5) is 4.39 Å². The van der Waals surface area contributed by atoms with Gasteiger partial charge < -0.3 is 10.5 Å². The van der Waals surface area contributed by atoms with E-state index in [-0.39, 0.29) is 17.1 Å². The third kappa shape index (κ3) is 2.78. The van der Waals surface area contributed by atoms with E-state index in [4.69, 9.17) is 22.1 Å². The topological polar surface area (TPSA) is 52.3 Å². The maximum atomic E-state index is 12.7. The summed E-state index contributed by atoms with van der Waals surface area (Å²) in [6.07, 6.45) is 0. The molecule has 2 rings (SSSR count). The van der Waals surface area contributed by atoms with Crippen LogP contribution in [0.25, 0.3) is 0 Å². The van der Waals surface area contributed by atoms with Gasteiger partial charge in [-0.15, -0.1) is 0 Å². The highest BCUT2D eigenvalue weighted by Crippen LogP contribution is 2.27. The zero-order valence-corrected chi connectivity index (χ0v) is 9.95. The fraction of sp³-hybridized carbons (Fsp3) is 0. The minimum absolute atomic E-state index is 0.173. The molecule has 0 atom stereocenters. The van der Waals surface area contributed by atoms with Gasteiger partial charge in [-0.3, -0.25) is 4.79 Å². The van der Waals surface area contributed by atoms with Crippen molar-refractivity contribution in [2.45, 2.75) is 0 Å². The molecule has 2 aromatic carbocycles. The monoisotopic (exact) mass is 265 g/mol. The van der Waals surface area contributed by atoms with Gasteiger partial charge >= 0.3 is 0 Å². The SMILES string of the molecule is NC(=O)c1cc(Cl)ccc1Oc1ccc(F)cc1. The van der Waals surface area contributed by atoms with E-state index in [1.54, 1.807) is 6.07 Å². The Kier molecular flexibility index (Phi) is 3.48. The second-order valence-electron chi connectivity index (χ2n) is 3.56. The molecule has 0 spiro atoms. The quantitative estimate of drug-likeness (QED) is 0.925. The lowest BCUT2D eigenvalue weighted by Gasteiger charge is -2.09. The van der Waals surface area contributed by atoms with Crippen LogP contribution >= 0.6 is 11.6 Å². The molecule has 0 radical (unpaired) electrons. The predicted molar refractivity (Wildman–Crippen MR) is 66.4 cm³/mol. The first kappa shape index (κ1) is 12.4. The Balaban J connectivity index is 2.34. The van der Waals surface area contributed by atoms with Crippen molar-refractivity contribution in [1.82, 2.24) is 0 Å². The fourth-order valence-electron chi connectivity index (χ4n) is 1.41. The molecular formula is C13H9ClFNO2. The molecule has 0 aliphatic heterocycles. The minimum atomic E-state index is -0.644. The van der Waals surface area contributed by atoms with Crippen molar-refractivity contribution in [3.63, 3.8) is 0 Å². The molecule has 5 heteroatoms. The van der Waals surface area contributed by atoms with E-state index in [9.17, 15) is 9.18 Å². The first-order valence-corrected chi connectivity index (χ1v) is 5.47. The lowest BCUT2D eigenvalue weighted by atomic mass is 10.2. The maximum absolute atomic E-state index is 12.7. The summed E-state index contributed by atoms with van der Waals surface area (Å²) in [4.78, 5) is 11.2. The fourth-order valence-corrected chi connectivity index (χ4v) is 1.59. The second-order valence-corrected chi connectivity index (χ2v) is 4.00. The number of ether oxygens (including phenoxy) is 1. The number of nitrogens with two attached hydrogens (primary N) is 1. The molecule has 0 aliphatic carbocycles. The molecule has 3 nitrogen and oxygen atoms in total. The Morgan fingerprint density at radius 2 is 1.83 bits per heavy atom. The molecule has 0 unspecified atom stereocenters. The summed E-state index contributed by atoms with van der Waals surface area (Å²) in [7, 11) is 0. The summed E-state index contributed by atoms with van der Waals surface area (Å²) in [6, 6.07) is 9.95. The van der Waals surface area contributed by atoms with Crippen molar-refractivity contribution in [2.24, 2.45) is 5.73 Å². The third-order valence-corrected chi connectivity index (χ3v) is 2.48. The Hall–Kier alpha value is -2.07. The van der Waals surface area contributed by atoms with Crippen LogP contribution in [0.2, 0.25) is 5.02 Å². The van der Waals surface area contributed by atoms with Gasteiger partial charge in [0.25, 0.3) is 5.91 Å². The number of primary amides is 1. The van der Waals surface area contributed by atoms with E-state index < -0.39 is 5.91 Å². The molecule has 0 heterocycles. The first-order chi connectivity index (χ1) is 8.56. The van der Waals surface area contributed by atoms with E-state index in [2.05, 4.69) is 0 Å².